The number of nitrogens with zero attached hydrogens (tertiary/aromatic N) is 5. The van der Waals surface area contributed by atoms with Gasteiger partial charge in [-0.05, 0) is 35.4 Å². The average molecular weight is 381 g/mol. The molecule has 2 aromatic heterocycles. The lowest BCUT2D eigenvalue weighted by Crippen LogP contribution is -2.04. The SMILES string of the molecule is Cn1c(COc2ccccc2)nnc1Sc1nc(-c2ccccc2)ns1. The Hall–Kier alpha value is -2.71. The zero-order valence-electron chi connectivity index (χ0n) is 13.9. The van der Waals surface area contributed by atoms with Crippen LogP contribution >= 0.6 is 23.3 Å². The summed E-state index contributed by atoms with van der Waals surface area (Å²) in [5.74, 6) is 2.29. The Labute approximate surface area is 159 Å². The van der Waals surface area contributed by atoms with Gasteiger partial charge in [-0.25, -0.2) is 4.98 Å². The highest BCUT2D eigenvalue weighted by Crippen LogP contribution is 2.30. The highest BCUT2D eigenvalue weighted by Gasteiger charge is 2.14. The largest absolute Gasteiger partial charge is 0.486 e. The van der Waals surface area contributed by atoms with Crippen LogP contribution in [-0.2, 0) is 13.7 Å². The lowest BCUT2D eigenvalue weighted by Gasteiger charge is -2.05. The van der Waals surface area contributed by atoms with Crippen LogP contribution < -0.4 is 4.74 Å². The van der Waals surface area contributed by atoms with Gasteiger partial charge < -0.3 is 9.30 Å². The molecule has 0 N–H and O–H groups in total. The van der Waals surface area contributed by atoms with E-state index >= 15 is 0 Å². The minimum atomic E-state index is 0.361. The van der Waals surface area contributed by atoms with Gasteiger partial charge in [-0.3, -0.25) is 0 Å². The first kappa shape index (κ1) is 16.7. The van der Waals surface area contributed by atoms with Crippen LogP contribution in [0.2, 0.25) is 0 Å². The van der Waals surface area contributed by atoms with Crippen molar-refractivity contribution in [2.24, 2.45) is 7.05 Å². The Kier molecular flexibility index (Phi) is 4.94. The number of para-hydroxylation sites is 1. The van der Waals surface area contributed by atoms with Crippen molar-refractivity contribution in [3.8, 4) is 17.1 Å². The van der Waals surface area contributed by atoms with Gasteiger partial charge in [0.25, 0.3) is 0 Å². The van der Waals surface area contributed by atoms with Crippen LogP contribution in [0.25, 0.3) is 11.4 Å². The van der Waals surface area contributed by atoms with Crippen molar-refractivity contribution < 1.29 is 4.74 Å². The molecule has 0 saturated heterocycles. The lowest BCUT2D eigenvalue weighted by atomic mass is 10.2. The zero-order chi connectivity index (χ0) is 17.8. The van der Waals surface area contributed by atoms with E-state index in [0.29, 0.717) is 6.61 Å². The van der Waals surface area contributed by atoms with Crippen LogP contribution in [0, 0.1) is 0 Å². The van der Waals surface area contributed by atoms with Crippen molar-refractivity contribution in [2.45, 2.75) is 16.1 Å². The predicted octanol–water partition coefficient (Wildman–Crippen LogP) is 4.06. The van der Waals surface area contributed by atoms with E-state index in [1.54, 1.807) is 0 Å². The molecule has 0 aliphatic rings. The number of rotatable bonds is 6. The van der Waals surface area contributed by atoms with Gasteiger partial charge in [-0.2, -0.15) is 4.37 Å². The first-order valence-electron chi connectivity index (χ1n) is 7.93. The molecule has 26 heavy (non-hydrogen) atoms. The molecule has 8 heteroatoms. The van der Waals surface area contributed by atoms with Crippen molar-refractivity contribution in [1.29, 1.82) is 0 Å². The van der Waals surface area contributed by atoms with Crippen molar-refractivity contribution in [3.05, 3.63) is 66.5 Å². The molecule has 0 fully saturated rings. The summed E-state index contributed by atoms with van der Waals surface area (Å²) in [6, 6.07) is 19.6. The standard InChI is InChI=1S/C18H15N5OS2/c1-23-15(12-24-14-10-6-3-7-11-14)20-21-17(23)25-18-19-16(22-26-18)13-8-4-2-5-9-13/h2-11H,12H2,1H3. The van der Waals surface area contributed by atoms with Crippen molar-refractivity contribution >= 4 is 23.3 Å². The fourth-order valence-electron chi connectivity index (χ4n) is 2.26. The molecule has 0 unspecified atom stereocenters. The van der Waals surface area contributed by atoms with Crippen LogP contribution in [0.5, 0.6) is 5.75 Å². The summed E-state index contributed by atoms with van der Waals surface area (Å²) in [6.45, 7) is 0.361. The van der Waals surface area contributed by atoms with Crippen molar-refractivity contribution in [3.63, 3.8) is 0 Å². The lowest BCUT2D eigenvalue weighted by molar-refractivity contribution is 0.290. The third kappa shape index (κ3) is 3.76. The monoisotopic (exact) mass is 381 g/mol. The van der Waals surface area contributed by atoms with Gasteiger partial charge in [0.1, 0.15) is 12.4 Å². The molecule has 6 nitrogen and oxygen atoms in total. The maximum atomic E-state index is 5.74. The molecule has 0 radical (unpaired) electrons. The van der Waals surface area contributed by atoms with E-state index < -0.39 is 0 Å². The molecule has 0 aliphatic heterocycles. The fraction of sp³-hybridized carbons (Fsp3) is 0.111. The molecular weight excluding hydrogens is 366 g/mol. The van der Waals surface area contributed by atoms with Gasteiger partial charge >= 0.3 is 0 Å². The Morgan fingerprint density at radius 3 is 2.50 bits per heavy atom. The smallest absolute Gasteiger partial charge is 0.198 e. The van der Waals surface area contributed by atoms with E-state index in [1.807, 2.05) is 72.3 Å². The second-order valence-corrected chi connectivity index (χ2v) is 7.38. The summed E-state index contributed by atoms with van der Waals surface area (Å²) in [5, 5.41) is 9.21. The van der Waals surface area contributed by atoms with Crippen molar-refractivity contribution in [1.82, 2.24) is 24.1 Å². The topological polar surface area (TPSA) is 65.7 Å². The fourth-order valence-corrected chi connectivity index (χ4v) is 3.79. The molecule has 0 bridgehead atoms. The highest BCUT2D eigenvalue weighted by molar-refractivity contribution is 8.00. The second kappa shape index (κ2) is 7.67. The molecule has 130 valence electrons. The maximum Gasteiger partial charge on any atom is 0.198 e. The number of aromatic nitrogens is 5. The molecule has 4 rings (SSSR count). The third-order valence-electron chi connectivity index (χ3n) is 3.65. The van der Waals surface area contributed by atoms with Crippen LogP contribution in [0.1, 0.15) is 5.82 Å². The van der Waals surface area contributed by atoms with E-state index in [1.165, 1.54) is 23.3 Å². The molecule has 0 aliphatic carbocycles. The van der Waals surface area contributed by atoms with E-state index in [2.05, 4.69) is 19.6 Å². The normalized spacial score (nSPS) is 10.8. The van der Waals surface area contributed by atoms with Gasteiger partial charge in [0.15, 0.2) is 21.1 Å². The number of benzene rings is 2. The highest BCUT2D eigenvalue weighted by atomic mass is 32.2. The minimum Gasteiger partial charge on any atom is -0.486 e. The Morgan fingerprint density at radius 2 is 1.73 bits per heavy atom. The van der Waals surface area contributed by atoms with Crippen LogP contribution in [0.4, 0.5) is 0 Å². The Bertz CT molecular complexity index is 985. The molecule has 4 aromatic rings. The molecule has 0 atom stereocenters. The quantitative estimate of drug-likeness (QED) is 0.502. The van der Waals surface area contributed by atoms with E-state index in [-0.39, 0.29) is 0 Å². The van der Waals surface area contributed by atoms with Gasteiger partial charge in [0, 0.05) is 12.6 Å². The van der Waals surface area contributed by atoms with Crippen LogP contribution in [-0.4, -0.2) is 24.1 Å². The van der Waals surface area contributed by atoms with E-state index in [9.17, 15) is 0 Å². The maximum absolute atomic E-state index is 5.74. The Morgan fingerprint density at radius 1 is 1.00 bits per heavy atom. The second-order valence-electron chi connectivity index (χ2n) is 5.41. The number of hydrogen-bond donors (Lipinski definition) is 0. The molecule has 2 heterocycles. The first-order chi connectivity index (χ1) is 12.8. The van der Waals surface area contributed by atoms with Gasteiger partial charge in [0.05, 0.1) is 0 Å². The molecule has 0 spiro atoms. The minimum absolute atomic E-state index is 0.361. The summed E-state index contributed by atoms with van der Waals surface area (Å²) in [5.41, 5.74) is 1.01. The molecule has 0 amide bonds. The number of hydrogen-bond acceptors (Lipinski definition) is 7. The van der Waals surface area contributed by atoms with Crippen molar-refractivity contribution in [2.75, 3.05) is 0 Å². The summed E-state index contributed by atoms with van der Waals surface area (Å²) < 4.78 is 12.9. The zero-order valence-corrected chi connectivity index (χ0v) is 15.6. The van der Waals surface area contributed by atoms with E-state index in [0.717, 1.165) is 32.5 Å². The third-order valence-corrected chi connectivity index (χ3v) is 5.44. The van der Waals surface area contributed by atoms with Gasteiger partial charge in [-0.15, -0.1) is 10.2 Å². The Balaban J connectivity index is 1.44. The van der Waals surface area contributed by atoms with Gasteiger partial charge in [0.2, 0.25) is 0 Å². The predicted molar refractivity (Wildman–Crippen MR) is 101 cm³/mol. The average Bonchev–Trinajstić information content (AvgIpc) is 3.30. The van der Waals surface area contributed by atoms with Gasteiger partial charge in [-0.1, -0.05) is 48.5 Å². The molecular formula is C18H15N5OS2. The summed E-state index contributed by atoms with van der Waals surface area (Å²) >= 11 is 2.81. The first-order valence-corrected chi connectivity index (χ1v) is 9.52. The van der Waals surface area contributed by atoms with Crippen LogP contribution in [0.3, 0.4) is 0 Å². The summed E-state index contributed by atoms with van der Waals surface area (Å²) in [7, 11) is 1.92. The summed E-state index contributed by atoms with van der Waals surface area (Å²) in [6.07, 6.45) is 0. The van der Waals surface area contributed by atoms with E-state index in [4.69, 9.17) is 4.74 Å². The van der Waals surface area contributed by atoms with Crippen LogP contribution in [0.15, 0.2) is 70.2 Å². The summed E-state index contributed by atoms with van der Waals surface area (Å²) in [4.78, 5) is 4.58. The molecule has 0 saturated carbocycles. The molecule has 2 aromatic carbocycles. The number of ether oxygens (including phenoxy) is 1.